The van der Waals surface area contributed by atoms with E-state index in [1.165, 1.54) is 11.1 Å². The Morgan fingerprint density at radius 2 is 2.03 bits per heavy atom. The van der Waals surface area contributed by atoms with Crippen LogP contribution in [0.3, 0.4) is 0 Å². The highest BCUT2D eigenvalue weighted by Crippen LogP contribution is 2.47. The van der Waals surface area contributed by atoms with Gasteiger partial charge in [0.2, 0.25) is 0 Å². The summed E-state index contributed by atoms with van der Waals surface area (Å²) in [5.74, 6) is -0.0244. The first kappa shape index (κ1) is 21.7. The Balaban J connectivity index is 1.65. The van der Waals surface area contributed by atoms with E-state index in [0.717, 1.165) is 76.5 Å². The molecule has 0 spiro atoms. The molecule has 1 aliphatic carbocycles. The maximum atomic E-state index is 13.2. The Morgan fingerprint density at radius 1 is 1.17 bits per heavy atom. The van der Waals surface area contributed by atoms with Crippen molar-refractivity contribution in [3.8, 4) is 11.1 Å². The molecular weight excluding hydrogens is 442 g/mol. The molecule has 2 N–H and O–H groups in total. The first-order valence-electron chi connectivity index (χ1n) is 12.4. The summed E-state index contributed by atoms with van der Waals surface area (Å²) in [5.41, 5.74) is 9.19. The first-order valence-corrected chi connectivity index (χ1v) is 12.4. The Kier molecular flexibility index (Phi) is 5.05. The van der Waals surface area contributed by atoms with Crippen molar-refractivity contribution in [3.05, 3.63) is 46.8 Å². The Hall–Kier alpha value is -3.81. The van der Waals surface area contributed by atoms with Crippen LogP contribution in [0.1, 0.15) is 53.9 Å². The fraction of sp³-hybridized carbons (Fsp3) is 0.370. The molecule has 2 aliphatic rings. The highest BCUT2D eigenvalue weighted by molar-refractivity contribution is 6.20. The number of carbonyl (C=O) groups excluding carboxylic acids is 2. The van der Waals surface area contributed by atoms with Crippen LogP contribution in [-0.4, -0.2) is 33.0 Å². The van der Waals surface area contributed by atoms with E-state index in [2.05, 4.69) is 33.3 Å². The predicted molar refractivity (Wildman–Crippen MR) is 136 cm³/mol. The summed E-state index contributed by atoms with van der Waals surface area (Å²) in [6.45, 7) is 5.90. The average molecular weight is 472 g/mol. The van der Waals surface area contributed by atoms with Crippen LogP contribution in [-0.2, 0) is 37.7 Å². The van der Waals surface area contributed by atoms with E-state index in [1.807, 2.05) is 37.0 Å². The van der Waals surface area contributed by atoms with Crippen molar-refractivity contribution in [1.82, 2.24) is 19.7 Å². The molecule has 4 aromatic rings. The molecule has 180 valence electrons. The van der Waals surface area contributed by atoms with Gasteiger partial charge in [0.25, 0.3) is 5.91 Å². The lowest BCUT2D eigenvalue weighted by Crippen LogP contribution is -2.15. The van der Waals surface area contributed by atoms with Crippen LogP contribution in [0, 0.1) is 0 Å². The van der Waals surface area contributed by atoms with Crippen molar-refractivity contribution in [3.63, 3.8) is 0 Å². The van der Waals surface area contributed by atoms with Crippen molar-refractivity contribution in [2.75, 3.05) is 11.9 Å². The van der Waals surface area contributed by atoms with Gasteiger partial charge >= 0.3 is 6.09 Å². The molecule has 0 radical (unpaired) electrons. The molecule has 0 atom stereocenters. The summed E-state index contributed by atoms with van der Waals surface area (Å²) >= 11 is 0. The van der Waals surface area contributed by atoms with Crippen LogP contribution in [0.15, 0.2) is 24.4 Å². The van der Waals surface area contributed by atoms with Crippen LogP contribution in [0.2, 0.25) is 0 Å². The molecule has 1 aliphatic heterocycles. The highest BCUT2D eigenvalue weighted by atomic mass is 16.5. The summed E-state index contributed by atoms with van der Waals surface area (Å²) < 4.78 is 9.46. The number of aromatic nitrogens is 3. The lowest BCUT2D eigenvalue weighted by atomic mass is 9.82. The van der Waals surface area contributed by atoms with Gasteiger partial charge in [0.05, 0.1) is 23.4 Å². The lowest BCUT2D eigenvalue weighted by molar-refractivity contribution is 0.0966. The van der Waals surface area contributed by atoms with Gasteiger partial charge in [-0.05, 0) is 55.0 Å². The van der Waals surface area contributed by atoms with E-state index < -0.39 is 6.09 Å². The SMILES string of the molecule is CCCOC(=O)Nc1ccc2c(c1)c1c3c(c4c(c1n2CCC)CCc1nn(C)cc1-4)C(=O)NC3. The quantitative estimate of drug-likeness (QED) is 0.433. The van der Waals surface area contributed by atoms with Crippen molar-refractivity contribution in [1.29, 1.82) is 0 Å². The van der Waals surface area contributed by atoms with Crippen LogP contribution in [0.5, 0.6) is 0 Å². The third-order valence-corrected chi connectivity index (χ3v) is 7.07. The van der Waals surface area contributed by atoms with Crippen LogP contribution in [0.4, 0.5) is 10.5 Å². The summed E-state index contributed by atoms with van der Waals surface area (Å²) in [6.07, 6.45) is 5.04. The molecule has 0 bridgehead atoms. The van der Waals surface area contributed by atoms with Gasteiger partial charge in [0, 0.05) is 59.4 Å². The second-order valence-electron chi connectivity index (χ2n) is 9.42. The number of anilines is 1. The van der Waals surface area contributed by atoms with E-state index in [0.29, 0.717) is 18.8 Å². The molecule has 8 nitrogen and oxygen atoms in total. The number of hydrogen-bond acceptors (Lipinski definition) is 4. The van der Waals surface area contributed by atoms with Crippen molar-refractivity contribution in [2.24, 2.45) is 7.05 Å². The third-order valence-electron chi connectivity index (χ3n) is 7.07. The maximum Gasteiger partial charge on any atom is 0.411 e. The Labute approximate surface area is 203 Å². The number of nitrogens with zero attached hydrogens (tertiary/aromatic N) is 3. The van der Waals surface area contributed by atoms with Gasteiger partial charge in [-0.1, -0.05) is 13.8 Å². The zero-order chi connectivity index (χ0) is 24.3. The number of aryl methyl sites for hydroxylation is 4. The molecular formula is C27H29N5O3. The minimum absolute atomic E-state index is 0.0244. The number of carbonyl (C=O) groups is 2. The number of fused-ring (bicyclic) bond motifs is 10. The number of benzene rings is 2. The van der Waals surface area contributed by atoms with E-state index in [9.17, 15) is 9.59 Å². The normalized spacial score (nSPS) is 14.1. The van der Waals surface area contributed by atoms with E-state index in [1.54, 1.807) is 0 Å². The fourth-order valence-electron chi connectivity index (χ4n) is 5.80. The number of ether oxygens (including phenoxy) is 1. The van der Waals surface area contributed by atoms with E-state index >= 15 is 0 Å². The first-order chi connectivity index (χ1) is 17.0. The maximum absolute atomic E-state index is 13.2. The minimum atomic E-state index is -0.452. The predicted octanol–water partition coefficient (Wildman–Crippen LogP) is 4.91. The fourth-order valence-corrected chi connectivity index (χ4v) is 5.80. The summed E-state index contributed by atoms with van der Waals surface area (Å²) in [4.78, 5) is 25.4. The van der Waals surface area contributed by atoms with Crippen LogP contribution in [0.25, 0.3) is 32.9 Å². The summed E-state index contributed by atoms with van der Waals surface area (Å²) in [6, 6.07) is 6.02. The van der Waals surface area contributed by atoms with Gasteiger partial charge in [-0.25, -0.2) is 4.79 Å². The molecule has 3 heterocycles. The Bertz CT molecular complexity index is 1530. The zero-order valence-electron chi connectivity index (χ0n) is 20.3. The number of amides is 2. The molecule has 2 aromatic heterocycles. The molecule has 35 heavy (non-hydrogen) atoms. The minimum Gasteiger partial charge on any atom is -0.449 e. The van der Waals surface area contributed by atoms with Crippen LogP contribution < -0.4 is 10.6 Å². The smallest absolute Gasteiger partial charge is 0.411 e. The van der Waals surface area contributed by atoms with Gasteiger partial charge in [0.1, 0.15) is 0 Å². The topological polar surface area (TPSA) is 90.2 Å². The molecule has 0 unspecified atom stereocenters. The number of hydrogen-bond donors (Lipinski definition) is 2. The summed E-state index contributed by atoms with van der Waals surface area (Å²) in [5, 5.41) is 12.8. The number of rotatable bonds is 5. The molecule has 8 heteroatoms. The van der Waals surface area contributed by atoms with Gasteiger partial charge in [-0.2, -0.15) is 5.10 Å². The molecule has 6 rings (SSSR count). The van der Waals surface area contributed by atoms with E-state index in [4.69, 9.17) is 4.74 Å². The van der Waals surface area contributed by atoms with Crippen molar-refractivity contribution >= 4 is 39.5 Å². The summed E-state index contributed by atoms with van der Waals surface area (Å²) in [7, 11) is 1.94. The van der Waals surface area contributed by atoms with Crippen molar-refractivity contribution < 1.29 is 14.3 Å². The standard InChI is InChI=1S/C27H29N5O3/c1-4-10-32-21-9-6-15(29-27(34)35-11-5-2)12-17(21)23-18-13-28-26(33)24(18)22-16(25(23)32)7-8-20-19(22)14-31(3)30-20/h6,9,12,14H,4-5,7-8,10-11,13H2,1-3H3,(H,28,33)(H,29,34). The average Bonchev–Trinajstić information content (AvgIpc) is 3.51. The molecule has 0 fully saturated rings. The van der Waals surface area contributed by atoms with Gasteiger partial charge in [-0.15, -0.1) is 0 Å². The molecule has 2 aromatic carbocycles. The Morgan fingerprint density at radius 3 is 2.83 bits per heavy atom. The van der Waals surface area contributed by atoms with Gasteiger partial charge in [0.15, 0.2) is 0 Å². The lowest BCUT2D eigenvalue weighted by Gasteiger charge is -2.21. The second-order valence-corrected chi connectivity index (χ2v) is 9.42. The molecule has 0 saturated heterocycles. The largest absolute Gasteiger partial charge is 0.449 e. The van der Waals surface area contributed by atoms with Crippen molar-refractivity contribution in [2.45, 2.75) is 52.6 Å². The van der Waals surface area contributed by atoms with E-state index in [-0.39, 0.29) is 5.91 Å². The monoisotopic (exact) mass is 471 g/mol. The zero-order valence-corrected chi connectivity index (χ0v) is 20.3. The molecule has 0 saturated carbocycles. The number of nitrogens with one attached hydrogen (secondary N) is 2. The van der Waals surface area contributed by atoms with Crippen LogP contribution >= 0.6 is 0 Å². The molecule has 2 amide bonds. The highest BCUT2D eigenvalue weighted by Gasteiger charge is 2.35. The second kappa shape index (κ2) is 8.15. The van der Waals surface area contributed by atoms with Gasteiger partial charge in [-0.3, -0.25) is 14.8 Å². The third kappa shape index (κ3) is 3.23. The van der Waals surface area contributed by atoms with Gasteiger partial charge < -0.3 is 14.6 Å².